The summed E-state index contributed by atoms with van der Waals surface area (Å²) in [5.41, 5.74) is 1.51. The molecule has 26 heavy (non-hydrogen) atoms. The Hall–Kier alpha value is 0.380. The van der Waals surface area contributed by atoms with E-state index in [9.17, 15) is 0 Å². The second kappa shape index (κ2) is 18.7. The lowest BCUT2D eigenvalue weighted by Gasteiger charge is -2.04. The second-order valence-electron chi connectivity index (χ2n) is 7.82. The van der Waals surface area contributed by atoms with Gasteiger partial charge in [-0.2, -0.15) is 0 Å². The summed E-state index contributed by atoms with van der Waals surface area (Å²) in [6, 6.07) is 9.02. The second-order valence-corrected chi connectivity index (χ2v) is 9.64. The first-order valence-electron chi connectivity index (χ1n) is 11.3. The molecule has 0 heterocycles. The standard InChI is InChI=1S/C24H42IP/c25-24-20-18-23(19-21-24)17-15-13-11-9-7-5-3-1-2-4-6-8-10-12-14-16-22-26/h18-21H,1-17,22,26H2. The van der Waals surface area contributed by atoms with Crippen LogP contribution < -0.4 is 0 Å². The number of unbranched alkanes of at least 4 members (excludes halogenated alkanes) is 15. The van der Waals surface area contributed by atoms with Crippen LogP contribution in [0.3, 0.4) is 0 Å². The lowest BCUT2D eigenvalue weighted by molar-refractivity contribution is 0.530. The molecule has 0 radical (unpaired) electrons. The van der Waals surface area contributed by atoms with E-state index < -0.39 is 0 Å². The molecule has 0 aliphatic heterocycles. The zero-order chi connectivity index (χ0) is 18.7. The fourth-order valence-electron chi connectivity index (χ4n) is 3.60. The topological polar surface area (TPSA) is 0 Å². The van der Waals surface area contributed by atoms with Crippen LogP contribution in [0.1, 0.15) is 108 Å². The first-order valence-corrected chi connectivity index (χ1v) is 13.2. The van der Waals surface area contributed by atoms with Crippen molar-refractivity contribution in [2.24, 2.45) is 0 Å². The van der Waals surface area contributed by atoms with Gasteiger partial charge in [0.15, 0.2) is 0 Å². The molecule has 0 N–H and O–H groups in total. The van der Waals surface area contributed by atoms with Crippen molar-refractivity contribution in [3.63, 3.8) is 0 Å². The summed E-state index contributed by atoms with van der Waals surface area (Å²) in [5, 5.41) is 0. The van der Waals surface area contributed by atoms with Gasteiger partial charge in [0.05, 0.1) is 0 Å². The average Bonchev–Trinajstić information content (AvgIpc) is 2.66. The van der Waals surface area contributed by atoms with Crippen LogP contribution in [-0.2, 0) is 6.42 Å². The molecule has 150 valence electrons. The predicted octanol–water partition coefficient (Wildman–Crippen LogP) is 8.95. The van der Waals surface area contributed by atoms with Crippen LogP contribution in [0.5, 0.6) is 0 Å². The summed E-state index contributed by atoms with van der Waals surface area (Å²) in [6.07, 6.45) is 25.7. The summed E-state index contributed by atoms with van der Waals surface area (Å²) in [6.45, 7) is 0. The van der Waals surface area contributed by atoms with Crippen LogP contribution >= 0.6 is 31.8 Å². The van der Waals surface area contributed by atoms with E-state index in [1.165, 1.54) is 124 Å². The molecule has 0 fully saturated rings. The summed E-state index contributed by atoms with van der Waals surface area (Å²) in [4.78, 5) is 0. The van der Waals surface area contributed by atoms with E-state index in [2.05, 4.69) is 56.1 Å². The first kappa shape index (κ1) is 24.4. The molecule has 0 aromatic heterocycles. The Kier molecular flexibility index (Phi) is 17.6. The van der Waals surface area contributed by atoms with Gasteiger partial charge in [-0.3, -0.25) is 0 Å². The molecular formula is C24H42IP. The molecule has 0 saturated heterocycles. The van der Waals surface area contributed by atoms with Crippen molar-refractivity contribution in [1.29, 1.82) is 0 Å². The largest absolute Gasteiger partial charge is 0.138 e. The monoisotopic (exact) mass is 488 g/mol. The molecule has 0 nitrogen and oxygen atoms in total. The number of hydrogen-bond acceptors (Lipinski definition) is 0. The minimum absolute atomic E-state index is 1.26. The van der Waals surface area contributed by atoms with Gasteiger partial charge >= 0.3 is 0 Å². The molecule has 1 unspecified atom stereocenters. The average molecular weight is 488 g/mol. The summed E-state index contributed by atoms with van der Waals surface area (Å²) >= 11 is 2.38. The van der Waals surface area contributed by atoms with Crippen LogP contribution in [0, 0.1) is 3.57 Å². The van der Waals surface area contributed by atoms with Gasteiger partial charge in [-0.05, 0) is 65.7 Å². The fraction of sp³-hybridized carbons (Fsp3) is 0.750. The molecular weight excluding hydrogens is 446 g/mol. The van der Waals surface area contributed by atoms with Gasteiger partial charge in [0.25, 0.3) is 0 Å². The SMILES string of the molecule is PCCCCCCCCCCCCCCCCCCc1ccc(I)cc1. The molecule has 1 aromatic rings. The molecule has 0 aliphatic rings. The fourth-order valence-corrected chi connectivity index (χ4v) is 4.25. The number of rotatable bonds is 18. The van der Waals surface area contributed by atoms with Gasteiger partial charge in [-0.1, -0.05) is 102 Å². The lowest BCUT2D eigenvalue weighted by atomic mass is 10.0. The Bertz CT molecular complexity index is 401. The normalized spacial score (nSPS) is 11.2. The van der Waals surface area contributed by atoms with Crippen LogP contribution in [0.25, 0.3) is 0 Å². The van der Waals surface area contributed by atoms with Gasteiger partial charge in [0.2, 0.25) is 0 Å². The Labute approximate surface area is 180 Å². The van der Waals surface area contributed by atoms with E-state index in [0.29, 0.717) is 0 Å². The van der Waals surface area contributed by atoms with Crippen molar-refractivity contribution in [1.82, 2.24) is 0 Å². The number of benzene rings is 1. The molecule has 1 aromatic carbocycles. The van der Waals surface area contributed by atoms with Crippen molar-refractivity contribution in [3.8, 4) is 0 Å². The molecule has 1 atom stereocenters. The van der Waals surface area contributed by atoms with Crippen molar-refractivity contribution >= 4 is 31.8 Å². The summed E-state index contributed by atoms with van der Waals surface area (Å²) in [5.74, 6) is 0. The van der Waals surface area contributed by atoms with Crippen LogP contribution in [0.15, 0.2) is 24.3 Å². The first-order chi connectivity index (χ1) is 12.8. The van der Waals surface area contributed by atoms with Gasteiger partial charge in [0.1, 0.15) is 0 Å². The molecule has 0 amide bonds. The highest BCUT2D eigenvalue weighted by Crippen LogP contribution is 2.15. The minimum Gasteiger partial charge on any atom is -0.138 e. The molecule has 1 rings (SSSR count). The maximum atomic E-state index is 2.83. The maximum absolute atomic E-state index is 2.83. The predicted molar refractivity (Wildman–Crippen MR) is 131 cm³/mol. The summed E-state index contributed by atoms with van der Waals surface area (Å²) in [7, 11) is 2.83. The number of aryl methyl sites for hydroxylation is 1. The Morgan fingerprint density at radius 3 is 1.23 bits per heavy atom. The van der Waals surface area contributed by atoms with E-state index in [1.54, 1.807) is 0 Å². The van der Waals surface area contributed by atoms with Gasteiger partial charge in [-0.25, -0.2) is 0 Å². The lowest BCUT2D eigenvalue weighted by Crippen LogP contribution is -1.87. The minimum atomic E-state index is 1.26. The zero-order valence-corrected chi connectivity index (χ0v) is 20.3. The van der Waals surface area contributed by atoms with E-state index in [0.717, 1.165) is 0 Å². The Morgan fingerprint density at radius 2 is 0.846 bits per heavy atom. The zero-order valence-electron chi connectivity index (χ0n) is 17.0. The highest BCUT2D eigenvalue weighted by atomic mass is 127. The van der Waals surface area contributed by atoms with E-state index in [4.69, 9.17) is 0 Å². The smallest absolute Gasteiger partial charge is 0.0130 e. The van der Waals surface area contributed by atoms with Crippen molar-refractivity contribution in [2.75, 3.05) is 6.16 Å². The van der Waals surface area contributed by atoms with Crippen LogP contribution in [-0.4, -0.2) is 6.16 Å². The third-order valence-electron chi connectivity index (χ3n) is 5.33. The Balaban J connectivity index is 1.72. The van der Waals surface area contributed by atoms with E-state index >= 15 is 0 Å². The molecule has 0 aliphatic carbocycles. The van der Waals surface area contributed by atoms with E-state index in [-0.39, 0.29) is 0 Å². The third-order valence-corrected chi connectivity index (χ3v) is 6.46. The van der Waals surface area contributed by atoms with Crippen molar-refractivity contribution in [3.05, 3.63) is 33.4 Å². The van der Waals surface area contributed by atoms with Crippen molar-refractivity contribution in [2.45, 2.75) is 109 Å². The van der Waals surface area contributed by atoms with Crippen LogP contribution in [0.4, 0.5) is 0 Å². The van der Waals surface area contributed by atoms with Crippen molar-refractivity contribution < 1.29 is 0 Å². The quantitative estimate of drug-likeness (QED) is 0.110. The molecule has 0 spiro atoms. The molecule has 0 bridgehead atoms. The maximum Gasteiger partial charge on any atom is 0.0130 e. The highest BCUT2D eigenvalue weighted by molar-refractivity contribution is 14.1. The highest BCUT2D eigenvalue weighted by Gasteiger charge is 1.96. The number of hydrogen-bond donors (Lipinski definition) is 0. The molecule has 2 heteroatoms. The summed E-state index contributed by atoms with van der Waals surface area (Å²) < 4.78 is 1.34. The molecule has 0 saturated carbocycles. The van der Waals surface area contributed by atoms with Gasteiger partial charge in [-0.15, -0.1) is 9.24 Å². The van der Waals surface area contributed by atoms with Gasteiger partial charge < -0.3 is 0 Å². The van der Waals surface area contributed by atoms with E-state index in [1.807, 2.05) is 0 Å². The third kappa shape index (κ3) is 15.4. The number of halogens is 1. The van der Waals surface area contributed by atoms with Gasteiger partial charge in [0, 0.05) is 3.57 Å². The Morgan fingerprint density at radius 1 is 0.500 bits per heavy atom. The van der Waals surface area contributed by atoms with Crippen LogP contribution in [0.2, 0.25) is 0 Å².